The lowest BCUT2D eigenvalue weighted by Gasteiger charge is -1.97. The molecular weight excluding hydrogens is 128 g/mol. The molecular formula is C3H3N2O2S. The van der Waals surface area contributed by atoms with Gasteiger partial charge in [0.25, 0.3) is 0 Å². The average Bonchev–Trinajstić information content (AvgIpc) is 2.12. The molecule has 1 aliphatic heterocycles. The molecule has 0 amide bonds. The highest BCUT2D eigenvalue weighted by molar-refractivity contribution is 8.04. The Kier molecular flexibility index (Phi) is 1.38. The maximum absolute atomic E-state index is 9.84. The predicted molar refractivity (Wildman–Crippen MR) is 29.9 cm³/mol. The van der Waals surface area contributed by atoms with Crippen molar-refractivity contribution in [3.8, 4) is 0 Å². The fourth-order valence-electron chi connectivity index (χ4n) is 0.323. The van der Waals surface area contributed by atoms with Crippen LogP contribution in [0.25, 0.3) is 0 Å². The molecule has 4 nitrogen and oxygen atoms in total. The molecule has 0 fully saturated rings. The molecule has 0 bridgehead atoms. The van der Waals surface area contributed by atoms with Gasteiger partial charge in [-0.15, -0.1) is 0 Å². The monoisotopic (exact) mass is 131 g/mol. The van der Waals surface area contributed by atoms with E-state index in [2.05, 4.69) is 0 Å². The van der Waals surface area contributed by atoms with Crippen LogP contribution < -0.4 is 0 Å². The minimum Gasteiger partial charge on any atom is -0.234 e. The summed E-state index contributed by atoms with van der Waals surface area (Å²) in [6.07, 6.45) is 1.39. The molecule has 0 aliphatic carbocycles. The first-order valence-electron chi connectivity index (χ1n) is 1.89. The van der Waals surface area contributed by atoms with E-state index in [-0.39, 0.29) is 0 Å². The molecule has 43 valence electrons. The van der Waals surface area contributed by atoms with E-state index in [0.717, 1.165) is 5.01 Å². The Morgan fingerprint density at radius 1 is 1.75 bits per heavy atom. The molecule has 5 heteroatoms. The zero-order valence-corrected chi connectivity index (χ0v) is 4.67. The van der Waals surface area contributed by atoms with Gasteiger partial charge in [0.05, 0.1) is 6.20 Å². The second-order valence-electron chi connectivity index (χ2n) is 1.14. The molecule has 0 aromatic carbocycles. The largest absolute Gasteiger partial charge is 0.234 e. The van der Waals surface area contributed by atoms with Gasteiger partial charge in [0.2, 0.25) is 0 Å². The molecule has 0 aromatic heterocycles. The lowest BCUT2D eigenvalue weighted by Crippen LogP contribution is -2.16. The van der Waals surface area contributed by atoms with Gasteiger partial charge in [0.15, 0.2) is 10.9 Å². The molecule has 0 saturated carbocycles. The Morgan fingerprint density at radius 2 is 2.50 bits per heavy atom. The fourth-order valence-corrected chi connectivity index (χ4v) is 0.860. The summed E-state index contributed by atoms with van der Waals surface area (Å²) in [7, 11) is 0. The Balaban J connectivity index is 2.48. The van der Waals surface area contributed by atoms with Crippen molar-refractivity contribution < 1.29 is 5.03 Å². The normalized spacial score (nSPS) is 17.2. The summed E-state index contributed by atoms with van der Waals surface area (Å²) < 4.78 is 0. The van der Waals surface area contributed by atoms with Crippen LogP contribution in [-0.2, 0) is 0 Å². The van der Waals surface area contributed by atoms with Gasteiger partial charge < -0.3 is 0 Å². The van der Waals surface area contributed by atoms with E-state index >= 15 is 0 Å². The quantitative estimate of drug-likeness (QED) is 0.390. The highest BCUT2D eigenvalue weighted by atomic mass is 32.2. The topological polar surface area (TPSA) is 46.4 Å². The molecule has 0 aromatic rings. The highest BCUT2D eigenvalue weighted by Crippen LogP contribution is 2.18. The minimum absolute atomic E-state index is 0.490. The second kappa shape index (κ2) is 2.04. The molecule has 0 atom stereocenters. The van der Waals surface area contributed by atoms with E-state index < -0.39 is 5.03 Å². The first kappa shape index (κ1) is 5.43. The van der Waals surface area contributed by atoms with E-state index in [4.69, 9.17) is 0 Å². The zero-order chi connectivity index (χ0) is 5.98. The van der Waals surface area contributed by atoms with Crippen molar-refractivity contribution in [2.24, 2.45) is 0 Å². The SMILES string of the molecule is O=[N+]([O-])N1[CH]SC=C1. The number of hydrazine groups is 1. The van der Waals surface area contributed by atoms with Gasteiger partial charge >= 0.3 is 0 Å². The van der Waals surface area contributed by atoms with Crippen molar-refractivity contribution in [3.05, 3.63) is 27.6 Å². The number of hydrogen-bond acceptors (Lipinski definition) is 3. The highest BCUT2D eigenvalue weighted by Gasteiger charge is 2.14. The number of nitro groups is 1. The van der Waals surface area contributed by atoms with Crippen LogP contribution >= 0.6 is 11.8 Å². The summed E-state index contributed by atoms with van der Waals surface area (Å²) in [5.74, 6) is 1.42. The van der Waals surface area contributed by atoms with Crippen molar-refractivity contribution in [2.75, 3.05) is 0 Å². The van der Waals surface area contributed by atoms with Crippen LogP contribution in [0.3, 0.4) is 0 Å². The number of hydrogen-bond donors (Lipinski definition) is 0. The van der Waals surface area contributed by atoms with E-state index in [1.54, 1.807) is 5.41 Å². The summed E-state index contributed by atoms with van der Waals surface area (Å²) in [5, 5.41) is 11.9. The van der Waals surface area contributed by atoms with Crippen molar-refractivity contribution in [1.82, 2.24) is 5.01 Å². The van der Waals surface area contributed by atoms with E-state index in [0.29, 0.717) is 0 Å². The molecule has 8 heavy (non-hydrogen) atoms. The van der Waals surface area contributed by atoms with Crippen LogP contribution in [-0.4, -0.2) is 10.0 Å². The first-order chi connectivity index (χ1) is 3.80. The molecule has 1 heterocycles. The number of rotatable bonds is 1. The average molecular weight is 131 g/mol. The summed E-state index contributed by atoms with van der Waals surface area (Å²) in [5.41, 5.74) is 0. The molecule has 1 radical (unpaired) electrons. The minimum atomic E-state index is -0.490. The van der Waals surface area contributed by atoms with Crippen LogP contribution in [0.2, 0.25) is 0 Å². The predicted octanol–water partition coefficient (Wildman–Crippen LogP) is 0.817. The van der Waals surface area contributed by atoms with Crippen molar-refractivity contribution >= 4 is 11.8 Å². The third-order valence-corrected chi connectivity index (χ3v) is 1.27. The Hall–Kier alpha value is -0.710. The van der Waals surface area contributed by atoms with Crippen LogP contribution in [0.1, 0.15) is 0 Å². The van der Waals surface area contributed by atoms with Crippen molar-refractivity contribution in [3.63, 3.8) is 0 Å². The van der Waals surface area contributed by atoms with Gasteiger partial charge in [0, 0.05) is 0 Å². The van der Waals surface area contributed by atoms with Gasteiger partial charge in [-0.3, -0.25) is 0 Å². The first-order valence-corrected chi connectivity index (χ1v) is 2.83. The van der Waals surface area contributed by atoms with Crippen LogP contribution in [0.4, 0.5) is 0 Å². The van der Waals surface area contributed by atoms with Crippen LogP contribution in [0.5, 0.6) is 0 Å². The van der Waals surface area contributed by atoms with Gasteiger partial charge in [-0.05, 0) is 5.41 Å². The van der Waals surface area contributed by atoms with Crippen molar-refractivity contribution in [1.29, 1.82) is 0 Å². The van der Waals surface area contributed by atoms with Gasteiger partial charge in [0.1, 0.15) is 0 Å². The summed E-state index contributed by atoms with van der Waals surface area (Å²) in [6.45, 7) is 0. The molecule has 0 unspecified atom stereocenters. The van der Waals surface area contributed by atoms with Gasteiger partial charge in [-0.25, -0.2) is 10.1 Å². The Morgan fingerprint density at radius 3 is 2.75 bits per heavy atom. The summed E-state index contributed by atoms with van der Waals surface area (Å²) in [6, 6.07) is 0. The van der Waals surface area contributed by atoms with Crippen LogP contribution in [0, 0.1) is 16.0 Å². The fraction of sp³-hybridized carbons (Fsp3) is 0. The molecule has 1 rings (SSSR count). The maximum Gasteiger partial charge on any atom is 0.180 e. The molecule has 0 saturated heterocycles. The standard InChI is InChI=1S/C3H3N2O2S/c6-5(7)4-1-2-8-3-4/h1-3H. The molecule has 0 spiro atoms. The lowest BCUT2D eigenvalue weighted by atomic mass is 11.0. The smallest absolute Gasteiger partial charge is 0.180 e. The number of nitrogens with zero attached hydrogens (tertiary/aromatic N) is 2. The van der Waals surface area contributed by atoms with Gasteiger partial charge in [-0.2, -0.15) is 0 Å². The Labute approximate surface area is 50.3 Å². The second-order valence-corrected chi connectivity index (χ2v) is 1.90. The van der Waals surface area contributed by atoms with Crippen molar-refractivity contribution in [2.45, 2.75) is 0 Å². The Bertz CT molecular complexity index is 135. The number of thioether (sulfide) groups is 1. The van der Waals surface area contributed by atoms with E-state index in [1.807, 2.05) is 0 Å². The van der Waals surface area contributed by atoms with E-state index in [1.165, 1.54) is 23.8 Å². The molecule has 1 aliphatic rings. The zero-order valence-electron chi connectivity index (χ0n) is 3.85. The molecule has 0 N–H and O–H groups in total. The van der Waals surface area contributed by atoms with E-state index in [9.17, 15) is 10.1 Å². The van der Waals surface area contributed by atoms with Crippen LogP contribution in [0.15, 0.2) is 11.6 Å². The van der Waals surface area contributed by atoms with Gasteiger partial charge in [-0.1, -0.05) is 16.8 Å². The summed E-state index contributed by atoms with van der Waals surface area (Å²) >= 11 is 1.29. The third kappa shape index (κ3) is 0.919. The summed E-state index contributed by atoms with van der Waals surface area (Å²) in [4.78, 5) is 9.84. The third-order valence-electron chi connectivity index (χ3n) is 0.650. The maximum atomic E-state index is 9.84. The lowest BCUT2D eigenvalue weighted by molar-refractivity contribution is -0.627.